The molecule has 0 atom stereocenters. The van der Waals surface area contributed by atoms with E-state index in [0.717, 1.165) is 25.2 Å². The minimum atomic E-state index is -4.66. The molecule has 0 bridgehead atoms. The summed E-state index contributed by atoms with van der Waals surface area (Å²) in [6.07, 6.45) is -1.86. The highest BCUT2D eigenvalue weighted by Gasteiger charge is 2.35. The standard InChI is InChI=1S/C22H18F4N6O.ClH/c23-17-18-16(11-29-21(17)32-7-5-27-6-8-32)30-20(31-18)15-9-12(10-28-15)19(33)13-3-1-2-4-14(13)22(24,25)26;/h1-4,9-11,27-28H,5-8H2,(H,30,31);1H. The number of rotatable bonds is 4. The summed E-state index contributed by atoms with van der Waals surface area (Å²) < 4.78 is 55.0. The van der Waals surface area contributed by atoms with Gasteiger partial charge in [-0.25, -0.2) is 14.4 Å². The van der Waals surface area contributed by atoms with Crippen molar-refractivity contribution in [2.75, 3.05) is 31.1 Å². The maximum atomic E-state index is 15.1. The quantitative estimate of drug-likeness (QED) is 0.293. The summed E-state index contributed by atoms with van der Waals surface area (Å²) in [7, 11) is 0. The van der Waals surface area contributed by atoms with Crippen LogP contribution in [0, 0.1) is 5.82 Å². The van der Waals surface area contributed by atoms with Gasteiger partial charge in [0.25, 0.3) is 0 Å². The summed E-state index contributed by atoms with van der Waals surface area (Å²) in [5.74, 6) is -0.881. The number of alkyl halides is 3. The Labute approximate surface area is 197 Å². The Kier molecular flexibility index (Phi) is 6.32. The van der Waals surface area contributed by atoms with Crippen molar-refractivity contribution in [2.45, 2.75) is 6.18 Å². The van der Waals surface area contributed by atoms with Crippen molar-refractivity contribution in [1.29, 1.82) is 0 Å². The first kappa shape index (κ1) is 23.7. The Balaban J connectivity index is 0.00000274. The van der Waals surface area contributed by atoms with Crippen molar-refractivity contribution < 1.29 is 22.4 Å². The van der Waals surface area contributed by atoms with Gasteiger partial charge in [0.2, 0.25) is 0 Å². The predicted octanol–water partition coefficient (Wildman–Crippen LogP) is 4.17. The molecule has 1 aliphatic rings. The van der Waals surface area contributed by atoms with Gasteiger partial charge >= 0.3 is 6.18 Å². The molecule has 0 spiro atoms. The number of benzene rings is 1. The Hall–Kier alpha value is -3.44. The van der Waals surface area contributed by atoms with Crippen LogP contribution in [0.3, 0.4) is 0 Å². The van der Waals surface area contributed by atoms with E-state index in [0.29, 0.717) is 24.3 Å². The number of fused-ring (bicyclic) bond motifs is 1. The molecule has 0 amide bonds. The van der Waals surface area contributed by atoms with Gasteiger partial charge in [0.1, 0.15) is 5.52 Å². The molecule has 4 heterocycles. The lowest BCUT2D eigenvalue weighted by Crippen LogP contribution is -2.44. The number of hydrogen-bond acceptors (Lipinski definition) is 5. The molecule has 4 aromatic rings. The van der Waals surface area contributed by atoms with E-state index in [1.54, 1.807) is 0 Å². The van der Waals surface area contributed by atoms with E-state index < -0.39 is 28.9 Å². The summed E-state index contributed by atoms with van der Waals surface area (Å²) in [6, 6.07) is 5.99. The van der Waals surface area contributed by atoms with E-state index in [-0.39, 0.29) is 35.1 Å². The number of piperazine rings is 1. The van der Waals surface area contributed by atoms with Crippen LogP contribution >= 0.6 is 12.4 Å². The summed E-state index contributed by atoms with van der Waals surface area (Å²) in [5, 5.41) is 3.19. The van der Waals surface area contributed by atoms with Crippen LogP contribution in [0.1, 0.15) is 21.5 Å². The van der Waals surface area contributed by atoms with Gasteiger partial charge in [-0.2, -0.15) is 13.2 Å². The number of aromatic nitrogens is 4. The number of anilines is 1. The molecule has 1 aromatic carbocycles. The van der Waals surface area contributed by atoms with Gasteiger partial charge in [-0.15, -0.1) is 12.4 Å². The number of H-pyrrole nitrogens is 2. The molecule has 5 rings (SSSR count). The molecule has 0 aliphatic carbocycles. The van der Waals surface area contributed by atoms with Crippen LogP contribution in [0.15, 0.2) is 42.7 Å². The van der Waals surface area contributed by atoms with E-state index in [9.17, 15) is 18.0 Å². The molecule has 178 valence electrons. The molecular formula is C22H19ClF4N6O. The zero-order valence-corrected chi connectivity index (χ0v) is 18.4. The van der Waals surface area contributed by atoms with Gasteiger partial charge < -0.3 is 20.2 Å². The van der Waals surface area contributed by atoms with E-state index in [1.807, 2.05) is 4.90 Å². The molecule has 1 fully saturated rings. The molecule has 3 aromatic heterocycles. The van der Waals surface area contributed by atoms with Gasteiger partial charge in [0, 0.05) is 43.5 Å². The second kappa shape index (κ2) is 9.07. The lowest BCUT2D eigenvalue weighted by Gasteiger charge is -2.28. The smallest absolute Gasteiger partial charge is 0.358 e. The number of nitrogens with zero attached hydrogens (tertiary/aromatic N) is 3. The number of hydrogen-bond donors (Lipinski definition) is 3. The van der Waals surface area contributed by atoms with Crippen molar-refractivity contribution in [3.8, 4) is 11.5 Å². The van der Waals surface area contributed by atoms with Crippen LogP contribution in [-0.4, -0.2) is 51.9 Å². The van der Waals surface area contributed by atoms with Crippen molar-refractivity contribution in [3.63, 3.8) is 0 Å². The maximum Gasteiger partial charge on any atom is 0.417 e. The highest BCUT2D eigenvalue weighted by molar-refractivity contribution is 6.10. The summed E-state index contributed by atoms with van der Waals surface area (Å²) in [5.41, 5.74) is -0.625. The molecule has 1 aliphatic heterocycles. The zero-order chi connectivity index (χ0) is 23.2. The van der Waals surface area contributed by atoms with Crippen molar-refractivity contribution in [1.82, 2.24) is 25.3 Å². The largest absolute Gasteiger partial charge is 0.417 e. The van der Waals surface area contributed by atoms with E-state index in [1.165, 1.54) is 30.6 Å². The number of aromatic amines is 2. The minimum absolute atomic E-state index is 0. The van der Waals surface area contributed by atoms with Crippen LogP contribution < -0.4 is 10.2 Å². The lowest BCUT2D eigenvalue weighted by atomic mass is 9.99. The second-order valence-corrected chi connectivity index (χ2v) is 7.66. The fourth-order valence-electron chi connectivity index (χ4n) is 3.91. The van der Waals surface area contributed by atoms with Crippen LogP contribution in [0.5, 0.6) is 0 Å². The first-order chi connectivity index (χ1) is 15.8. The molecule has 3 N–H and O–H groups in total. The lowest BCUT2D eigenvalue weighted by molar-refractivity contribution is -0.137. The first-order valence-electron chi connectivity index (χ1n) is 10.2. The number of imidazole rings is 1. The highest BCUT2D eigenvalue weighted by atomic mass is 35.5. The number of carbonyl (C=O) groups is 1. The van der Waals surface area contributed by atoms with Crippen LogP contribution in [0.25, 0.3) is 22.6 Å². The van der Waals surface area contributed by atoms with Crippen molar-refractivity contribution in [2.24, 2.45) is 0 Å². The van der Waals surface area contributed by atoms with Crippen molar-refractivity contribution >= 4 is 35.0 Å². The average Bonchev–Trinajstić information content (AvgIpc) is 3.47. The zero-order valence-electron chi connectivity index (χ0n) is 17.5. The SMILES string of the molecule is Cl.O=C(c1c[nH]c(-c2nc3c(F)c(N4CCNCC4)ncc3[nH]2)c1)c1ccccc1C(F)(F)F. The molecule has 0 radical (unpaired) electrons. The van der Waals surface area contributed by atoms with E-state index in [2.05, 4.69) is 25.3 Å². The molecular weight excluding hydrogens is 476 g/mol. The average molecular weight is 495 g/mol. The molecule has 0 saturated carbocycles. The molecule has 1 saturated heterocycles. The maximum absolute atomic E-state index is 15.1. The fourth-order valence-corrected chi connectivity index (χ4v) is 3.91. The third kappa shape index (κ3) is 4.24. The predicted molar refractivity (Wildman–Crippen MR) is 121 cm³/mol. The van der Waals surface area contributed by atoms with E-state index >= 15 is 4.39 Å². The number of pyridine rings is 1. The topological polar surface area (TPSA) is 89.7 Å². The normalized spacial score (nSPS) is 14.3. The fraction of sp³-hybridized carbons (Fsp3) is 0.227. The van der Waals surface area contributed by atoms with Crippen LogP contribution in [0.4, 0.5) is 23.4 Å². The number of nitrogens with one attached hydrogen (secondary N) is 3. The van der Waals surface area contributed by atoms with Crippen molar-refractivity contribution in [3.05, 3.63) is 65.2 Å². The second-order valence-electron chi connectivity index (χ2n) is 7.66. The van der Waals surface area contributed by atoms with E-state index in [4.69, 9.17) is 0 Å². The van der Waals surface area contributed by atoms with Gasteiger partial charge in [-0.1, -0.05) is 18.2 Å². The third-order valence-corrected chi connectivity index (χ3v) is 5.55. The highest BCUT2D eigenvalue weighted by Crippen LogP contribution is 2.33. The summed E-state index contributed by atoms with van der Waals surface area (Å²) in [6.45, 7) is 2.69. The van der Waals surface area contributed by atoms with Gasteiger partial charge in [-0.3, -0.25) is 4.79 Å². The number of halogens is 5. The molecule has 0 unspecified atom stereocenters. The van der Waals surface area contributed by atoms with Gasteiger partial charge in [0.15, 0.2) is 23.2 Å². The Morgan fingerprint density at radius 3 is 2.59 bits per heavy atom. The molecule has 12 heteroatoms. The molecule has 34 heavy (non-hydrogen) atoms. The molecule has 7 nitrogen and oxygen atoms in total. The Bertz CT molecular complexity index is 1340. The number of ketones is 1. The minimum Gasteiger partial charge on any atom is -0.358 e. The monoisotopic (exact) mass is 494 g/mol. The summed E-state index contributed by atoms with van der Waals surface area (Å²) in [4.78, 5) is 28.9. The Morgan fingerprint density at radius 1 is 1.12 bits per heavy atom. The summed E-state index contributed by atoms with van der Waals surface area (Å²) >= 11 is 0. The van der Waals surface area contributed by atoms with Gasteiger partial charge in [0.05, 0.1) is 23.0 Å². The third-order valence-electron chi connectivity index (χ3n) is 5.55. The number of carbonyl (C=O) groups excluding carboxylic acids is 1. The van der Waals surface area contributed by atoms with Crippen LogP contribution in [-0.2, 0) is 6.18 Å². The Morgan fingerprint density at radius 2 is 1.85 bits per heavy atom. The van der Waals surface area contributed by atoms with Crippen LogP contribution in [0.2, 0.25) is 0 Å². The first-order valence-corrected chi connectivity index (χ1v) is 10.2. The van der Waals surface area contributed by atoms with Gasteiger partial charge in [-0.05, 0) is 12.1 Å².